The largest absolute Gasteiger partial charge is 0.394 e. The lowest BCUT2D eigenvalue weighted by Crippen LogP contribution is -2.52. The minimum atomic E-state index is -0.640. The minimum absolute atomic E-state index is 0.105. The molecule has 3 rings (SSSR count). The smallest absolute Gasteiger partial charge is 0.263 e. The Hall–Kier alpha value is -1.85. The molecule has 1 heterocycles. The van der Waals surface area contributed by atoms with Gasteiger partial charge in [0.2, 0.25) is 0 Å². The molecule has 6 heteroatoms. The van der Waals surface area contributed by atoms with Crippen molar-refractivity contribution in [3.8, 4) is 0 Å². The number of nitrogens with zero attached hydrogens (tertiary/aromatic N) is 1. The van der Waals surface area contributed by atoms with E-state index in [1.165, 1.54) is 0 Å². The number of aromatic nitrogens is 1. The number of carbonyl (C=O) groups is 1. The molecule has 1 aromatic heterocycles. The first-order valence-corrected chi connectivity index (χ1v) is 11.6. The molecule has 1 aromatic rings. The van der Waals surface area contributed by atoms with Crippen LogP contribution < -0.4 is 10.9 Å². The molecule has 2 aliphatic rings. The number of aliphatic hydroxyl groups is 1. The van der Waals surface area contributed by atoms with E-state index >= 15 is 0 Å². The summed E-state index contributed by atoms with van der Waals surface area (Å²) < 4.78 is 1.69. The number of pyridine rings is 1. The SMILES string of the molecule is CCCCCn1c2c(cc(C(=O)NC3(CO)CCCCCC3)c1=O)C=CCC(Cl)=C2. The van der Waals surface area contributed by atoms with E-state index in [9.17, 15) is 14.7 Å². The topological polar surface area (TPSA) is 71.3 Å². The highest BCUT2D eigenvalue weighted by molar-refractivity contribution is 6.31. The first-order valence-electron chi connectivity index (χ1n) is 11.2. The highest BCUT2D eigenvalue weighted by Gasteiger charge is 2.33. The monoisotopic (exact) mass is 432 g/mol. The van der Waals surface area contributed by atoms with Gasteiger partial charge in [0.25, 0.3) is 11.5 Å². The summed E-state index contributed by atoms with van der Waals surface area (Å²) in [5.74, 6) is -0.393. The first kappa shape index (κ1) is 22.8. The van der Waals surface area contributed by atoms with Gasteiger partial charge in [-0.05, 0) is 37.0 Å². The van der Waals surface area contributed by atoms with Crippen LogP contribution in [0.5, 0.6) is 0 Å². The van der Waals surface area contributed by atoms with E-state index in [1.807, 2.05) is 18.2 Å². The zero-order valence-corrected chi connectivity index (χ0v) is 18.6. The molecule has 2 aliphatic carbocycles. The summed E-state index contributed by atoms with van der Waals surface area (Å²) in [4.78, 5) is 26.6. The van der Waals surface area contributed by atoms with Crippen molar-refractivity contribution >= 4 is 29.7 Å². The van der Waals surface area contributed by atoms with Crippen LogP contribution in [-0.2, 0) is 6.54 Å². The van der Waals surface area contributed by atoms with Gasteiger partial charge >= 0.3 is 0 Å². The molecule has 0 radical (unpaired) electrons. The van der Waals surface area contributed by atoms with Crippen LogP contribution in [0.2, 0.25) is 0 Å². The van der Waals surface area contributed by atoms with Crippen LogP contribution in [-0.4, -0.2) is 27.7 Å². The van der Waals surface area contributed by atoms with E-state index in [-0.39, 0.29) is 17.7 Å². The van der Waals surface area contributed by atoms with Crippen LogP contribution in [0.15, 0.2) is 22.0 Å². The van der Waals surface area contributed by atoms with Crippen molar-refractivity contribution < 1.29 is 9.90 Å². The standard InChI is InChI=1S/C24H33ClN2O3/c1-2-3-8-14-27-21-16-19(25)11-9-10-18(21)15-20(23(27)30)22(29)26-24(17-28)12-6-4-5-7-13-24/h9-10,15-16,28H,2-8,11-14,17H2,1H3,(H,26,29). The third kappa shape index (κ3) is 5.25. The maximum Gasteiger partial charge on any atom is 0.263 e. The van der Waals surface area contributed by atoms with E-state index in [0.717, 1.165) is 69.0 Å². The Morgan fingerprint density at radius 1 is 1.23 bits per heavy atom. The number of halogens is 1. The first-order chi connectivity index (χ1) is 14.5. The van der Waals surface area contributed by atoms with Crippen molar-refractivity contribution in [1.82, 2.24) is 9.88 Å². The van der Waals surface area contributed by atoms with Gasteiger partial charge in [-0.25, -0.2) is 0 Å². The fraction of sp³-hybridized carbons (Fsp3) is 0.583. The Bertz CT molecular complexity index is 877. The molecule has 1 amide bonds. The van der Waals surface area contributed by atoms with Gasteiger partial charge in [-0.15, -0.1) is 0 Å². The number of unbranched alkanes of at least 4 members (excludes halogenated alkanes) is 2. The molecule has 0 saturated heterocycles. The molecule has 164 valence electrons. The van der Waals surface area contributed by atoms with Crippen molar-refractivity contribution in [1.29, 1.82) is 0 Å². The summed E-state index contributed by atoms with van der Waals surface area (Å²) in [5, 5.41) is 13.8. The van der Waals surface area contributed by atoms with Crippen LogP contribution >= 0.6 is 11.6 Å². The summed E-state index contributed by atoms with van der Waals surface area (Å²) in [6, 6.07) is 1.67. The van der Waals surface area contributed by atoms with Gasteiger partial charge in [-0.3, -0.25) is 9.59 Å². The number of nitrogens with one attached hydrogen (secondary N) is 1. The second-order valence-corrected chi connectivity index (χ2v) is 9.05. The summed E-state index contributed by atoms with van der Waals surface area (Å²) in [6.07, 6.45) is 14.9. The summed E-state index contributed by atoms with van der Waals surface area (Å²) >= 11 is 6.31. The maximum absolute atomic E-state index is 13.3. The van der Waals surface area contributed by atoms with Crippen LogP contribution in [0.1, 0.15) is 92.7 Å². The molecule has 0 aliphatic heterocycles. The summed E-state index contributed by atoms with van der Waals surface area (Å²) in [7, 11) is 0. The number of allylic oxidation sites excluding steroid dienone is 2. The molecule has 0 spiro atoms. The quantitative estimate of drug-likeness (QED) is 0.477. The van der Waals surface area contributed by atoms with Crippen molar-refractivity contribution in [3.63, 3.8) is 0 Å². The lowest BCUT2D eigenvalue weighted by Gasteiger charge is -2.32. The Kier molecular flexibility index (Phi) is 7.95. The predicted octanol–water partition coefficient (Wildman–Crippen LogP) is 4.85. The van der Waals surface area contributed by atoms with Crippen molar-refractivity contribution in [2.45, 2.75) is 83.2 Å². The number of aliphatic hydroxyl groups excluding tert-OH is 1. The fourth-order valence-corrected chi connectivity index (χ4v) is 4.64. The maximum atomic E-state index is 13.3. The van der Waals surface area contributed by atoms with E-state index < -0.39 is 11.4 Å². The zero-order valence-electron chi connectivity index (χ0n) is 17.9. The predicted molar refractivity (Wildman–Crippen MR) is 123 cm³/mol. The Balaban J connectivity index is 2.00. The fourth-order valence-electron chi connectivity index (χ4n) is 4.44. The number of rotatable bonds is 7. The molecule has 0 bridgehead atoms. The summed E-state index contributed by atoms with van der Waals surface area (Å²) in [5.41, 5.74) is 0.792. The highest BCUT2D eigenvalue weighted by atomic mass is 35.5. The molecule has 5 nitrogen and oxygen atoms in total. The molecule has 0 unspecified atom stereocenters. The molecule has 2 N–H and O–H groups in total. The second kappa shape index (κ2) is 10.5. The van der Waals surface area contributed by atoms with Crippen LogP contribution in [0.4, 0.5) is 0 Å². The molecular weight excluding hydrogens is 400 g/mol. The van der Waals surface area contributed by atoms with Gasteiger partial charge in [-0.1, -0.05) is 69.2 Å². The number of amides is 1. The van der Waals surface area contributed by atoms with Crippen molar-refractivity contribution in [2.24, 2.45) is 0 Å². The van der Waals surface area contributed by atoms with E-state index in [2.05, 4.69) is 12.2 Å². The number of fused-ring (bicyclic) bond motifs is 1. The van der Waals surface area contributed by atoms with Crippen LogP contribution in [0.25, 0.3) is 12.2 Å². The Labute approximate surface area is 183 Å². The third-order valence-corrected chi connectivity index (χ3v) is 6.50. The van der Waals surface area contributed by atoms with Gasteiger partial charge in [0.15, 0.2) is 0 Å². The lowest BCUT2D eigenvalue weighted by molar-refractivity contribution is 0.0803. The molecule has 0 aromatic carbocycles. The number of carbonyl (C=O) groups excluding carboxylic acids is 1. The van der Waals surface area contributed by atoms with Gasteiger partial charge in [-0.2, -0.15) is 0 Å². The van der Waals surface area contributed by atoms with Crippen LogP contribution in [0.3, 0.4) is 0 Å². The normalized spacial score (nSPS) is 18.2. The van der Waals surface area contributed by atoms with E-state index in [0.29, 0.717) is 18.0 Å². The Morgan fingerprint density at radius 3 is 2.63 bits per heavy atom. The number of hydrogen-bond donors (Lipinski definition) is 2. The average Bonchev–Trinajstić information content (AvgIpc) is 3.07. The zero-order chi connectivity index (χ0) is 21.6. The highest BCUT2D eigenvalue weighted by Crippen LogP contribution is 2.28. The van der Waals surface area contributed by atoms with Gasteiger partial charge in [0, 0.05) is 18.0 Å². The van der Waals surface area contributed by atoms with Gasteiger partial charge in [0.05, 0.1) is 17.8 Å². The summed E-state index contributed by atoms with van der Waals surface area (Å²) in [6.45, 7) is 2.57. The average molecular weight is 433 g/mol. The molecule has 1 fully saturated rings. The Morgan fingerprint density at radius 2 is 1.97 bits per heavy atom. The van der Waals surface area contributed by atoms with Crippen molar-refractivity contribution in [2.75, 3.05) is 6.61 Å². The van der Waals surface area contributed by atoms with E-state index in [4.69, 9.17) is 11.6 Å². The molecule has 0 atom stereocenters. The van der Waals surface area contributed by atoms with Crippen molar-refractivity contribution in [3.05, 3.63) is 44.3 Å². The van der Waals surface area contributed by atoms with Gasteiger partial charge < -0.3 is 15.0 Å². The molecule has 30 heavy (non-hydrogen) atoms. The lowest BCUT2D eigenvalue weighted by atomic mass is 9.90. The minimum Gasteiger partial charge on any atom is -0.394 e. The second-order valence-electron chi connectivity index (χ2n) is 8.57. The van der Waals surface area contributed by atoms with Crippen LogP contribution in [0, 0.1) is 0 Å². The van der Waals surface area contributed by atoms with E-state index in [1.54, 1.807) is 10.6 Å². The number of hydrogen-bond acceptors (Lipinski definition) is 3. The third-order valence-electron chi connectivity index (χ3n) is 6.24. The molecule has 1 saturated carbocycles. The van der Waals surface area contributed by atoms with Gasteiger partial charge in [0.1, 0.15) is 5.56 Å². The molecular formula is C24H33ClN2O3.